The number of fused-ring (bicyclic) bond motifs is 1. The number of aromatic nitrogens is 4. The number of piperidine rings is 1. The fourth-order valence-electron chi connectivity index (χ4n) is 4.29. The number of unbranched alkanes of at least 4 members (excludes halogenated alkanes) is 2. The average Bonchev–Trinajstić information content (AvgIpc) is 3.03. The summed E-state index contributed by atoms with van der Waals surface area (Å²) in [5.41, 5.74) is 0.520. The number of hydrogen-bond acceptors (Lipinski definition) is 4. The maximum absolute atomic E-state index is 12.9. The van der Waals surface area contributed by atoms with Crippen LogP contribution < -0.4 is 11.2 Å². The molecule has 1 aliphatic rings. The average molecular weight is 376 g/mol. The molecular weight excluding hydrogens is 342 g/mol. The molecule has 0 N–H and O–H groups in total. The Morgan fingerprint density at radius 3 is 2.56 bits per heavy atom. The molecule has 3 rings (SSSR count). The van der Waals surface area contributed by atoms with E-state index in [1.807, 2.05) is 0 Å². The van der Waals surface area contributed by atoms with Gasteiger partial charge >= 0.3 is 5.69 Å². The quantitative estimate of drug-likeness (QED) is 0.697. The molecule has 3 heterocycles. The Labute approximate surface area is 160 Å². The highest BCUT2D eigenvalue weighted by Crippen LogP contribution is 2.23. The smallest absolute Gasteiger partial charge is 0.321 e. The summed E-state index contributed by atoms with van der Waals surface area (Å²) in [4.78, 5) is 32.5. The fraction of sp³-hybridized carbons (Fsp3) is 0.750. The maximum Gasteiger partial charge on any atom is 0.332 e. The second-order valence-corrected chi connectivity index (χ2v) is 7.79. The lowest BCUT2D eigenvalue weighted by Crippen LogP contribution is -2.39. The van der Waals surface area contributed by atoms with Crippen molar-refractivity contribution in [2.24, 2.45) is 14.1 Å². The van der Waals surface area contributed by atoms with E-state index < -0.39 is 0 Å². The second-order valence-electron chi connectivity index (χ2n) is 7.79. The molecule has 0 amide bonds. The maximum atomic E-state index is 12.9. The SMILES string of the molecule is CCCCCn1c(CN2CCCC[C@@H]2CC)nc2c1c(=O)n(C)c(=O)n2C. The zero-order valence-electron chi connectivity index (χ0n) is 17.2. The van der Waals surface area contributed by atoms with Gasteiger partial charge in [-0.1, -0.05) is 33.1 Å². The highest BCUT2D eigenvalue weighted by Gasteiger charge is 2.25. The van der Waals surface area contributed by atoms with Crippen LogP contribution in [0.1, 0.15) is 64.6 Å². The summed E-state index contributed by atoms with van der Waals surface area (Å²) in [6.45, 7) is 7.02. The van der Waals surface area contributed by atoms with E-state index in [0.29, 0.717) is 17.2 Å². The Bertz CT molecular complexity index is 908. The first-order chi connectivity index (χ1) is 13.0. The molecule has 0 aliphatic carbocycles. The molecule has 0 unspecified atom stereocenters. The summed E-state index contributed by atoms with van der Waals surface area (Å²) >= 11 is 0. The van der Waals surface area contributed by atoms with Crippen molar-refractivity contribution in [3.05, 3.63) is 26.7 Å². The first kappa shape index (κ1) is 19.9. The summed E-state index contributed by atoms with van der Waals surface area (Å²) in [5.74, 6) is 0.916. The van der Waals surface area contributed by atoms with Crippen molar-refractivity contribution >= 4 is 11.2 Å². The van der Waals surface area contributed by atoms with Crippen LogP contribution in [-0.4, -0.2) is 36.2 Å². The lowest BCUT2D eigenvalue weighted by molar-refractivity contribution is 0.131. The molecule has 0 bridgehead atoms. The van der Waals surface area contributed by atoms with Gasteiger partial charge in [-0.05, 0) is 32.2 Å². The Morgan fingerprint density at radius 2 is 1.85 bits per heavy atom. The van der Waals surface area contributed by atoms with E-state index >= 15 is 0 Å². The van der Waals surface area contributed by atoms with Gasteiger partial charge in [0, 0.05) is 26.7 Å². The van der Waals surface area contributed by atoms with Crippen molar-refractivity contribution in [3.8, 4) is 0 Å². The first-order valence-electron chi connectivity index (χ1n) is 10.4. The van der Waals surface area contributed by atoms with Crippen LogP contribution in [0.3, 0.4) is 0 Å². The van der Waals surface area contributed by atoms with Crippen molar-refractivity contribution < 1.29 is 0 Å². The Morgan fingerprint density at radius 1 is 1.07 bits per heavy atom. The van der Waals surface area contributed by atoms with E-state index in [-0.39, 0.29) is 11.2 Å². The van der Waals surface area contributed by atoms with Crippen LogP contribution in [0.2, 0.25) is 0 Å². The highest BCUT2D eigenvalue weighted by atomic mass is 16.2. The van der Waals surface area contributed by atoms with E-state index in [1.54, 1.807) is 14.1 Å². The van der Waals surface area contributed by atoms with Gasteiger partial charge in [0.15, 0.2) is 11.2 Å². The van der Waals surface area contributed by atoms with Gasteiger partial charge in [0.1, 0.15) is 5.82 Å². The van der Waals surface area contributed by atoms with Crippen molar-refractivity contribution in [2.75, 3.05) is 6.54 Å². The van der Waals surface area contributed by atoms with Crippen molar-refractivity contribution in [1.82, 2.24) is 23.6 Å². The minimum Gasteiger partial charge on any atom is -0.321 e. The molecule has 1 fully saturated rings. The molecule has 2 aromatic rings. The topological polar surface area (TPSA) is 65.1 Å². The molecular formula is C20H33N5O2. The van der Waals surface area contributed by atoms with E-state index in [4.69, 9.17) is 4.98 Å². The standard InChI is InChI=1S/C20H33N5O2/c1-5-7-9-13-25-16(14-24-12-10-8-11-15(24)6-2)21-18-17(25)19(26)23(4)20(27)22(18)3/h15H,5-14H2,1-4H3/t15-/m0/s1. The Hall–Kier alpha value is -1.89. The van der Waals surface area contributed by atoms with Gasteiger partial charge in [-0.3, -0.25) is 18.8 Å². The van der Waals surface area contributed by atoms with E-state index in [1.165, 1.54) is 28.4 Å². The predicted octanol–water partition coefficient (Wildman–Crippen LogP) is 2.39. The largest absolute Gasteiger partial charge is 0.332 e. The van der Waals surface area contributed by atoms with Crippen molar-refractivity contribution in [3.63, 3.8) is 0 Å². The molecule has 0 spiro atoms. The number of nitrogens with zero attached hydrogens (tertiary/aromatic N) is 5. The minimum atomic E-state index is -0.318. The zero-order valence-corrected chi connectivity index (χ0v) is 17.2. The van der Waals surface area contributed by atoms with Gasteiger partial charge in [-0.15, -0.1) is 0 Å². The highest BCUT2D eigenvalue weighted by molar-refractivity contribution is 5.71. The number of hydrogen-bond donors (Lipinski definition) is 0. The third-order valence-electron chi connectivity index (χ3n) is 5.98. The molecule has 0 radical (unpaired) electrons. The summed E-state index contributed by atoms with van der Waals surface area (Å²) in [7, 11) is 3.25. The van der Waals surface area contributed by atoms with Crippen LogP contribution in [0.4, 0.5) is 0 Å². The van der Waals surface area contributed by atoms with Crippen LogP contribution >= 0.6 is 0 Å². The van der Waals surface area contributed by atoms with E-state index in [9.17, 15) is 9.59 Å². The third kappa shape index (κ3) is 3.74. The minimum absolute atomic E-state index is 0.242. The monoisotopic (exact) mass is 375 g/mol. The molecule has 1 atom stereocenters. The molecule has 1 saturated heterocycles. The Kier molecular flexibility index (Phi) is 6.19. The predicted molar refractivity (Wildman–Crippen MR) is 108 cm³/mol. The van der Waals surface area contributed by atoms with Gasteiger partial charge in [0.2, 0.25) is 0 Å². The first-order valence-corrected chi connectivity index (χ1v) is 10.4. The van der Waals surface area contributed by atoms with Crippen molar-refractivity contribution in [1.29, 1.82) is 0 Å². The van der Waals surface area contributed by atoms with Crippen LogP contribution in [0.25, 0.3) is 11.2 Å². The summed E-state index contributed by atoms with van der Waals surface area (Å²) in [6.07, 6.45) is 8.13. The second kappa shape index (κ2) is 8.42. The summed E-state index contributed by atoms with van der Waals surface area (Å²) in [5, 5.41) is 0. The van der Waals surface area contributed by atoms with Crippen LogP contribution in [0.15, 0.2) is 9.59 Å². The number of imidazole rings is 1. The molecule has 0 saturated carbocycles. The molecule has 150 valence electrons. The molecule has 1 aliphatic heterocycles. The number of aryl methyl sites for hydroxylation is 2. The summed E-state index contributed by atoms with van der Waals surface area (Å²) in [6, 6.07) is 0.578. The molecule has 7 nitrogen and oxygen atoms in total. The van der Waals surface area contributed by atoms with E-state index in [0.717, 1.165) is 51.1 Å². The molecule has 2 aromatic heterocycles. The van der Waals surface area contributed by atoms with Gasteiger partial charge in [-0.25, -0.2) is 9.78 Å². The van der Waals surface area contributed by atoms with Gasteiger partial charge < -0.3 is 4.57 Å². The Balaban J connectivity index is 2.08. The van der Waals surface area contributed by atoms with Crippen molar-refractivity contribution in [2.45, 2.75) is 77.9 Å². The molecule has 0 aromatic carbocycles. The van der Waals surface area contributed by atoms with Gasteiger partial charge in [-0.2, -0.15) is 0 Å². The number of rotatable bonds is 7. The third-order valence-corrected chi connectivity index (χ3v) is 5.98. The van der Waals surface area contributed by atoms with Crippen LogP contribution in [-0.2, 0) is 27.2 Å². The summed E-state index contributed by atoms with van der Waals surface area (Å²) < 4.78 is 4.78. The lowest BCUT2D eigenvalue weighted by Gasteiger charge is -2.34. The fourth-order valence-corrected chi connectivity index (χ4v) is 4.29. The molecule has 27 heavy (non-hydrogen) atoms. The van der Waals surface area contributed by atoms with Crippen LogP contribution in [0.5, 0.6) is 0 Å². The lowest BCUT2D eigenvalue weighted by atomic mass is 10.00. The number of likely N-dealkylation sites (tertiary alicyclic amines) is 1. The normalized spacial score (nSPS) is 18.4. The molecule has 7 heteroatoms. The van der Waals surface area contributed by atoms with Gasteiger partial charge in [0.25, 0.3) is 5.56 Å². The van der Waals surface area contributed by atoms with E-state index in [2.05, 4.69) is 23.3 Å². The van der Waals surface area contributed by atoms with Crippen LogP contribution in [0, 0.1) is 0 Å². The zero-order chi connectivity index (χ0) is 19.6. The van der Waals surface area contributed by atoms with Gasteiger partial charge in [0.05, 0.1) is 6.54 Å².